The van der Waals surface area contributed by atoms with Crippen LogP contribution < -0.4 is 10.5 Å². The van der Waals surface area contributed by atoms with Crippen molar-refractivity contribution >= 4 is 10.0 Å². The maximum Gasteiger partial charge on any atom is 0.215 e. The zero-order valence-corrected chi connectivity index (χ0v) is 13.7. The molecule has 0 unspecified atom stereocenters. The number of sulfonamides is 1. The third-order valence-corrected chi connectivity index (χ3v) is 4.26. The lowest BCUT2D eigenvalue weighted by atomic mass is 10.1. The second-order valence-corrected chi connectivity index (χ2v) is 7.26. The quantitative estimate of drug-likeness (QED) is 0.643. The summed E-state index contributed by atoms with van der Waals surface area (Å²) in [7, 11) is -3.33. The molecule has 1 rings (SSSR count). The summed E-state index contributed by atoms with van der Waals surface area (Å²) in [6.07, 6.45) is 0.671. The summed E-state index contributed by atoms with van der Waals surface area (Å²) >= 11 is 0. The van der Waals surface area contributed by atoms with Crippen LogP contribution in [0.1, 0.15) is 31.4 Å². The van der Waals surface area contributed by atoms with Gasteiger partial charge in [-0.25, -0.2) is 13.1 Å². The van der Waals surface area contributed by atoms with E-state index in [1.807, 2.05) is 18.2 Å². The lowest BCUT2D eigenvalue weighted by Crippen LogP contribution is -2.27. The van der Waals surface area contributed by atoms with Crippen LogP contribution in [0, 0.1) is 5.92 Å². The third-order valence-electron chi connectivity index (χ3n) is 2.92. The normalized spacial score (nSPS) is 12.0. The van der Waals surface area contributed by atoms with Gasteiger partial charge in [-0.3, -0.25) is 0 Å². The van der Waals surface area contributed by atoms with Gasteiger partial charge in [0.15, 0.2) is 0 Å². The van der Waals surface area contributed by atoms with Crippen LogP contribution in [0.4, 0.5) is 0 Å². The highest BCUT2D eigenvalue weighted by Gasteiger charge is 2.12. The van der Waals surface area contributed by atoms with Crippen LogP contribution >= 0.6 is 0 Å². The lowest BCUT2D eigenvalue weighted by Gasteiger charge is -2.10. The van der Waals surface area contributed by atoms with E-state index in [4.69, 9.17) is 10.5 Å². The van der Waals surface area contributed by atoms with Crippen molar-refractivity contribution in [3.63, 3.8) is 0 Å². The minimum Gasteiger partial charge on any atom is -0.381 e. The highest BCUT2D eigenvalue weighted by Crippen LogP contribution is 2.11. The molecule has 0 bridgehead atoms. The van der Waals surface area contributed by atoms with Crippen molar-refractivity contribution in [3.05, 3.63) is 35.4 Å². The van der Waals surface area contributed by atoms with Gasteiger partial charge in [-0.2, -0.15) is 0 Å². The molecule has 0 amide bonds. The minimum absolute atomic E-state index is 0.0345. The molecular formula is C15H26N2O3S. The first-order chi connectivity index (χ1) is 9.94. The third kappa shape index (κ3) is 7.57. The maximum absolute atomic E-state index is 12.0. The van der Waals surface area contributed by atoms with Crippen LogP contribution in [0.2, 0.25) is 0 Å². The van der Waals surface area contributed by atoms with E-state index in [1.54, 1.807) is 6.07 Å². The Morgan fingerprint density at radius 2 is 1.90 bits per heavy atom. The second-order valence-electron chi connectivity index (χ2n) is 5.45. The molecule has 3 N–H and O–H groups in total. The first-order valence-electron chi connectivity index (χ1n) is 7.26. The van der Waals surface area contributed by atoms with E-state index in [0.717, 1.165) is 11.1 Å². The molecule has 0 radical (unpaired) electrons. The van der Waals surface area contributed by atoms with Crippen LogP contribution in [0.25, 0.3) is 0 Å². The van der Waals surface area contributed by atoms with Crippen LogP contribution in [0.15, 0.2) is 24.3 Å². The standard InChI is InChI=1S/C15H26N2O3S/c1-13(2)11-20-9-5-8-17-21(18,19)12-15-7-4-3-6-14(15)10-16/h3-4,6-7,13,17H,5,8-12,16H2,1-2H3. The Kier molecular flexibility index (Phi) is 7.88. The second kappa shape index (κ2) is 9.15. The monoisotopic (exact) mass is 314 g/mol. The number of rotatable bonds is 10. The molecule has 0 fully saturated rings. The number of hydrogen-bond donors (Lipinski definition) is 2. The Morgan fingerprint density at radius 1 is 1.24 bits per heavy atom. The van der Waals surface area contributed by atoms with Gasteiger partial charge in [0.1, 0.15) is 0 Å². The van der Waals surface area contributed by atoms with Gasteiger partial charge in [0.05, 0.1) is 5.75 Å². The predicted octanol–water partition coefficient (Wildman–Crippen LogP) is 1.63. The van der Waals surface area contributed by atoms with E-state index >= 15 is 0 Å². The molecular weight excluding hydrogens is 288 g/mol. The van der Waals surface area contributed by atoms with Crippen molar-refractivity contribution in [3.8, 4) is 0 Å². The summed E-state index contributed by atoms with van der Waals surface area (Å²) in [5.41, 5.74) is 7.23. The molecule has 6 heteroatoms. The highest BCUT2D eigenvalue weighted by atomic mass is 32.2. The molecule has 0 aliphatic carbocycles. The minimum atomic E-state index is -3.33. The summed E-state index contributed by atoms with van der Waals surface area (Å²) in [4.78, 5) is 0. The van der Waals surface area contributed by atoms with Crippen molar-refractivity contribution in [1.29, 1.82) is 0 Å². The summed E-state index contributed by atoms with van der Waals surface area (Å²) in [5.74, 6) is 0.460. The Labute approximate surface area is 127 Å². The fourth-order valence-corrected chi connectivity index (χ4v) is 3.12. The first-order valence-corrected chi connectivity index (χ1v) is 8.91. The van der Waals surface area contributed by atoms with Crippen molar-refractivity contribution in [1.82, 2.24) is 4.72 Å². The molecule has 0 saturated carbocycles. The zero-order chi connectivity index (χ0) is 15.7. The summed E-state index contributed by atoms with van der Waals surface area (Å²) < 4.78 is 32.0. The molecule has 1 aromatic carbocycles. The van der Waals surface area contributed by atoms with Gasteiger partial charge < -0.3 is 10.5 Å². The van der Waals surface area contributed by atoms with E-state index in [9.17, 15) is 8.42 Å². The summed E-state index contributed by atoms with van der Waals surface area (Å²) in [5, 5.41) is 0. The average molecular weight is 314 g/mol. The Morgan fingerprint density at radius 3 is 2.52 bits per heavy atom. The number of ether oxygens (including phenoxy) is 1. The molecule has 0 heterocycles. The van der Waals surface area contributed by atoms with Gasteiger partial charge in [0, 0.05) is 26.3 Å². The van der Waals surface area contributed by atoms with Crippen molar-refractivity contribution in [2.45, 2.75) is 32.6 Å². The SMILES string of the molecule is CC(C)COCCCNS(=O)(=O)Cc1ccccc1CN. The van der Waals surface area contributed by atoms with E-state index in [1.165, 1.54) is 0 Å². The highest BCUT2D eigenvalue weighted by molar-refractivity contribution is 7.88. The van der Waals surface area contributed by atoms with Gasteiger partial charge in [0.2, 0.25) is 10.0 Å². The molecule has 120 valence electrons. The zero-order valence-electron chi connectivity index (χ0n) is 12.8. The predicted molar refractivity (Wildman–Crippen MR) is 85.2 cm³/mol. The van der Waals surface area contributed by atoms with E-state index in [-0.39, 0.29) is 5.75 Å². The smallest absolute Gasteiger partial charge is 0.215 e. The van der Waals surface area contributed by atoms with Crippen molar-refractivity contribution < 1.29 is 13.2 Å². The topological polar surface area (TPSA) is 81.4 Å². The van der Waals surface area contributed by atoms with Crippen molar-refractivity contribution in [2.75, 3.05) is 19.8 Å². The van der Waals surface area contributed by atoms with Gasteiger partial charge in [-0.1, -0.05) is 38.1 Å². The number of nitrogens with two attached hydrogens (primary N) is 1. The molecule has 0 aromatic heterocycles. The van der Waals surface area contributed by atoms with Gasteiger partial charge in [-0.05, 0) is 23.5 Å². The molecule has 1 aromatic rings. The van der Waals surface area contributed by atoms with Gasteiger partial charge >= 0.3 is 0 Å². The van der Waals surface area contributed by atoms with Crippen LogP contribution in [-0.2, 0) is 27.1 Å². The van der Waals surface area contributed by atoms with Gasteiger partial charge in [0.25, 0.3) is 0 Å². The van der Waals surface area contributed by atoms with Gasteiger partial charge in [-0.15, -0.1) is 0 Å². The Balaban J connectivity index is 2.37. The first kappa shape index (κ1) is 18.1. The van der Waals surface area contributed by atoms with Crippen LogP contribution in [0.3, 0.4) is 0 Å². The average Bonchev–Trinajstić information content (AvgIpc) is 2.42. The number of hydrogen-bond acceptors (Lipinski definition) is 4. The fraction of sp³-hybridized carbons (Fsp3) is 0.600. The Hall–Kier alpha value is -0.950. The van der Waals surface area contributed by atoms with E-state index < -0.39 is 10.0 Å². The number of benzene rings is 1. The van der Waals surface area contributed by atoms with E-state index in [2.05, 4.69) is 18.6 Å². The van der Waals surface area contributed by atoms with Crippen LogP contribution in [0.5, 0.6) is 0 Å². The maximum atomic E-state index is 12.0. The number of nitrogens with one attached hydrogen (secondary N) is 1. The molecule has 0 aliphatic heterocycles. The molecule has 0 spiro atoms. The van der Waals surface area contributed by atoms with Crippen LogP contribution in [-0.4, -0.2) is 28.2 Å². The van der Waals surface area contributed by atoms with E-state index in [0.29, 0.717) is 38.6 Å². The molecule has 0 atom stereocenters. The molecule has 0 saturated heterocycles. The summed E-state index contributed by atoms with van der Waals surface area (Å²) in [6.45, 7) is 6.17. The van der Waals surface area contributed by atoms with Crippen molar-refractivity contribution in [2.24, 2.45) is 11.7 Å². The Bertz CT molecular complexity index is 515. The molecule has 0 aliphatic rings. The fourth-order valence-electron chi connectivity index (χ4n) is 1.87. The largest absolute Gasteiger partial charge is 0.381 e. The molecule has 21 heavy (non-hydrogen) atoms. The molecule has 5 nitrogen and oxygen atoms in total. The lowest BCUT2D eigenvalue weighted by molar-refractivity contribution is 0.108. The summed E-state index contributed by atoms with van der Waals surface area (Å²) in [6, 6.07) is 7.33.